The van der Waals surface area contributed by atoms with Gasteiger partial charge in [-0.1, -0.05) is 6.61 Å². The molecule has 0 rings (SSSR count). The molecule has 1 nitrogen and oxygen atoms in total. The Kier molecular flexibility index (Phi) is 36.1. The number of rotatable bonds is 0. The van der Waals surface area contributed by atoms with Crippen LogP contribution in [0.5, 0.6) is 0 Å². The van der Waals surface area contributed by atoms with Crippen molar-refractivity contribution in [2.24, 2.45) is 0 Å². The summed E-state index contributed by atoms with van der Waals surface area (Å²) in [5, 5.41) is 7.46. The van der Waals surface area contributed by atoms with Crippen LogP contribution >= 0.6 is 13.0 Å². The molecule has 0 atom stereocenters. The van der Waals surface area contributed by atoms with Crippen LogP contribution < -0.4 is 0 Å². The monoisotopic (exact) mass is 321 g/mol. The van der Waals surface area contributed by atoms with Crippen LogP contribution in [0.4, 0.5) is 0 Å². The first-order valence-corrected chi connectivity index (χ1v) is 5.66. The van der Waals surface area contributed by atoms with Crippen molar-refractivity contribution in [2.45, 2.75) is 0 Å². The molecule has 5 heavy (non-hydrogen) atoms. The van der Waals surface area contributed by atoms with Gasteiger partial charge < -0.3 is 12.0 Å². The van der Waals surface area contributed by atoms with Crippen LogP contribution in [0.25, 0.3) is 0 Å². The summed E-state index contributed by atoms with van der Waals surface area (Å²) >= 11 is 4.97. The van der Waals surface area contributed by atoms with E-state index in [0.717, 1.165) is 0 Å². The van der Waals surface area contributed by atoms with Gasteiger partial charge in [0, 0.05) is 0 Å². The molecule has 0 spiro atoms. The molecular formula is C2H5AuBrO-. The maximum absolute atomic E-state index is 7.46. The van der Waals surface area contributed by atoms with Gasteiger partial charge in [0.15, 0.2) is 0 Å². The van der Waals surface area contributed by atoms with E-state index in [-0.39, 0.29) is 6.61 Å². The van der Waals surface area contributed by atoms with Crippen LogP contribution in [-0.4, -0.2) is 11.7 Å². The van der Waals surface area contributed by atoms with Crippen LogP contribution in [0.1, 0.15) is 0 Å². The molecular weight excluding hydrogens is 317 g/mol. The first-order valence-electron chi connectivity index (χ1n) is 0.930. The minimum absolute atomic E-state index is 0. The number of aliphatic hydroxyl groups is 1. The van der Waals surface area contributed by atoms with Crippen LogP contribution in [0.2, 0.25) is 0 Å². The van der Waals surface area contributed by atoms with Gasteiger partial charge >= 0.3 is 32.0 Å². The normalized spacial score (nSPS) is 5.00. The van der Waals surface area contributed by atoms with Crippen LogP contribution in [-0.2, 0) is 18.9 Å². The predicted molar refractivity (Wildman–Crippen MR) is 21.4 cm³/mol. The molecule has 0 aromatic carbocycles. The van der Waals surface area contributed by atoms with E-state index in [9.17, 15) is 0 Å². The third kappa shape index (κ3) is 37.6. The Balaban J connectivity index is 0. The largest absolute Gasteiger partial charge is 0.428 e. The van der Waals surface area contributed by atoms with E-state index in [1.165, 1.54) is 0 Å². The Morgan fingerprint density at radius 3 is 1.80 bits per heavy atom. The first-order chi connectivity index (χ1) is 2.41. The van der Waals surface area contributed by atoms with E-state index in [0.29, 0.717) is 0 Å². The Morgan fingerprint density at radius 2 is 1.80 bits per heavy atom. The van der Waals surface area contributed by atoms with Gasteiger partial charge in [0.05, 0.1) is 0 Å². The van der Waals surface area contributed by atoms with E-state index in [1.54, 1.807) is 0 Å². The van der Waals surface area contributed by atoms with Gasteiger partial charge in [0.25, 0.3) is 0 Å². The summed E-state index contributed by atoms with van der Waals surface area (Å²) in [5.74, 6) is 0. The first kappa shape index (κ1) is 9.49. The zero-order valence-electron chi connectivity index (χ0n) is 2.54. The second-order valence-electron chi connectivity index (χ2n) is 0.224. The quantitative estimate of drug-likeness (QED) is 0.513. The molecule has 0 heterocycles. The molecule has 0 unspecified atom stereocenters. The summed E-state index contributed by atoms with van der Waals surface area (Å²) in [6.07, 6.45) is 0. The molecule has 0 fully saturated rings. The SMILES string of the molecule is [Br][Au].[CH2-]CO. The molecule has 0 amide bonds. The van der Waals surface area contributed by atoms with Gasteiger partial charge in [-0.25, -0.2) is 0 Å². The summed E-state index contributed by atoms with van der Waals surface area (Å²) in [6, 6.07) is 0. The smallest absolute Gasteiger partial charge is 0.0827 e. The van der Waals surface area contributed by atoms with Crippen LogP contribution in [0, 0.1) is 6.92 Å². The van der Waals surface area contributed by atoms with Crippen molar-refractivity contribution in [3.05, 3.63) is 6.92 Å². The van der Waals surface area contributed by atoms with Gasteiger partial charge in [-0.3, -0.25) is 0 Å². The fourth-order valence-electron chi connectivity index (χ4n) is 0. The van der Waals surface area contributed by atoms with Crippen molar-refractivity contribution in [1.29, 1.82) is 0 Å². The Labute approximate surface area is 50.6 Å². The number of halogens is 1. The average Bonchev–Trinajstić information content (AvgIpc) is 1.46. The maximum atomic E-state index is 7.46. The fraction of sp³-hybridized carbons (Fsp3) is 0.500. The molecule has 0 saturated carbocycles. The van der Waals surface area contributed by atoms with Gasteiger partial charge in [0.1, 0.15) is 0 Å². The van der Waals surface area contributed by atoms with Crippen molar-refractivity contribution >= 4 is 13.0 Å². The summed E-state index contributed by atoms with van der Waals surface area (Å²) in [6.45, 7) is 3.04. The zero-order chi connectivity index (χ0) is 4.71. The Bertz CT molecular complexity index is 9.61. The van der Waals surface area contributed by atoms with Gasteiger partial charge in [-0.15, -0.1) is 0 Å². The zero-order valence-corrected chi connectivity index (χ0v) is 6.29. The van der Waals surface area contributed by atoms with Gasteiger partial charge in [-0.2, -0.15) is 0 Å². The average molecular weight is 322 g/mol. The molecule has 38 valence electrons. The van der Waals surface area contributed by atoms with E-state index in [1.807, 2.05) is 0 Å². The molecule has 3 heteroatoms. The van der Waals surface area contributed by atoms with Gasteiger partial charge in [-0.05, 0) is 0 Å². The molecule has 0 aromatic rings. The summed E-state index contributed by atoms with van der Waals surface area (Å²) in [4.78, 5) is 0. The van der Waals surface area contributed by atoms with Crippen LogP contribution in [0.15, 0.2) is 0 Å². The van der Waals surface area contributed by atoms with E-state index in [2.05, 4.69) is 38.9 Å². The predicted octanol–water partition coefficient (Wildman–Crippen LogP) is 0.656. The molecule has 0 aromatic heterocycles. The van der Waals surface area contributed by atoms with Crippen molar-refractivity contribution in [3.8, 4) is 0 Å². The fourth-order valence-corrected chi connectivity index (χ4v) is 0. The minimum atomic E-state index is 0. The minimum Gasteiger partial charge on any atom is -0.428 e. The summed E-state index contributed by atoms with van der Waals surface area (Å²) in [5.41, 5.74) is 0. The van der Waals surface area contributed by atoms with Crippen LogP contribution in [0.3, 0.4) is 0 Å². The molecule has 0 saturated heterocycles. The van der Waals surface area contributed by atoms with Crippen molar-refractivity contribution in [3.63, 3.8) is 0 Å². The molecule has 1 N–H and O–H groups in total. The van der Waals surface area contributed by atoms with Gasteiger partial charge in [0.2, 0.25) is 0 Å². The number of hydrogen-bond donors (Lipinski definition) is 1. The third-order valence-electron chi connectivity index (χ3n) is 0. The third-order valence-corrected chi connectivity index (χ3v) is 0. The number of aliphatic hydroxyl groups excluding tert-OH is 1. The maximum Gasteiger partial charge on any atom is -0.0827 e. The van der Waals surface area contributed by atoms with Crippen molar-refractivity contribution < 1.29 is 24.0 Å². The standard InChI is InChI=1S/C2H5O.Au.BrH/c1-2-3;;/h3H,1-2H2;;1H/q-1;+1;/p-1. The number of hydrogen-bond acceptors (Lipinski definition) is 1. The van der Waals surface area contributed by atoms with Crippen molar-refractivity contribution in [2.75, 3.05) is 6.61 Å². The van der Waals surface area contributed by atoms with E-state index in [4.69, 9.17) is 5.11 Å². The Morgan fingerprint density at radius 1 is 1.80 bits per heavy atom. The molecule has 0 bridgehead atoms. The molecule has 0 aliphatic rings. The van der Waals surface area contributed by atoms with Crippen molar-refractivity contribution in [1.82, 2.24) is 0 Å². The Hall–Kier alpha value is 1.18. The summed E-state index contributed by atoms with van der Waals surface area (Å²) in [7, 11) is 0. The molecule has 0 aliphatic heterocycles. The van der Waals surface area contributed by atoms with E-state index >= 15 is 0 Å². The second kappa shape index (κ2) is 19.0. The second-order valence-corrected chi connectivity index (χ2v) is 0.224. The molecule has 0 radical (unpaired) electrons. The summed E-state index contributed by atoms with van der Waals surface area (Å²) < 4.78 is 0. The molecule has 0 aliphatic carbocycles. The van der Waals surface area contributed by atoms with E-state index < -0.39 is 0 Å². The topological polar surface area (TPSA) is 20.2 Å².